The number of hydrogen-bond donors (Lipinski definition) is 0. The summed E-state index contributed by atoms with van der Waals surface area (Å²) in [7, 11) is 0. The molecule has 0 spiro atoms. The van der Waals surface area contributed by atoms with Gasteiger partial charge in [-0.15, -0.1) is 11.8 Å². The normalized spacial score (nSPS) is 14.4. The molecule has 0 saturated heterocycles. The van der Waals surface area contributed by atoms with Crippen LogP contribution >= 0.6 is 11.8 Å². The van der Waals surface area contributed by atoms with E-state index in [1.54, 1.807) is 24.3 Å². The van der Waals surface area contributed by atoms with Crippen molar-refractivity contribution in [2.45, 2.75) is 37.2 Å². The topological polar surface area (TPSA) is 52.6 Å². The van der Waals surface area contributed by atoms with Crippen molar-refractivity contribution in [3.8, 4) is 5.75 Å². The van der Waals surface area contributed by atoms with Gasteiger partial charge in [0.15, 0.2) is 0 Å². The van der Waals surface area contributed by atoms with Crippen molar-refractivity contribution in [3.63, 3.8) is 0 Å². The largest absolute Gasteiger partial charge is 0.457 e. The fourth-order valence-electron chi connectivity index (χ4n) is 3.49. The minimum Gasteiger partial charge on any atom is -0.457 e. The molecule has 0 fully saturated rings. The summed E-state index contributed by atoms with van der Waals surface area (Å²) in [5.41, 5.74) is 2.96. The lowest BCUT2D eigenvalue weighted by atomic mass is 9.82. The van der Waals surface area contributed by atoms with Crippen LogP contribution < -0.4 is 4.74 Å². The molecule has 4 rings (SSSR count). The van der Waals surface area contributed by atoms with Crippen LogP contribution in [0.2, 0.25) is 0 Å². The van der Waals surface area contributed by atoms with Crippen molar-refractivity contribution >= 4 is 23.7 Å². The summed E-state index contributed by atoms with van der Waals surface area (Å²) < 4.78 is 10.9. The fourth-order valence-corrected chi connectivity index (χ4v) is 4.98. The van der Waals surface area contributed by atoms with Gasteiger partial charge in [0, 0.05) is 4.90 Å². The molecule has 158 valence electrons. The molecule has 0 aliphatic carbocycles. The van der Waals surface area contributed by atoms with Gasteiger partial charge in [-0.2, -0.15) is 0 Å². The van der Waals surface area contributed by atoms with Gasteiger partial charge in [0.25, 0.3) is 0 Å². The van der Waals surface area contributed by atoms with E-state index < -0.39 is 11.9 Å². The first kappa shape index (κ1) is 21.2. The number of carbonyl (C=O) groups is 2. The number of ether oxygens (including phenoxy) is 2. The highest BCUT2D eigenvalue weighted by Gasteiger charge is 2.28. The molecule has 1 heterocycles. The molecule has 3 aromatic carbocycles. The Hall–Kier alpha value is -3.05. The van der Waals surface area contributed by atoms with E-state index in [-0.39, 0.29) is 12.0 Å². The lowest BCUT2D eigenvalue weighted by Crippen LogP contribution is -2.22. The van der Waals surface area contributed by atoms with E-state index >= 15 is 0 Å². The standard InChI is InChI=1S/C26H24O4S/c1-26(2)14-15-31-23-13-12-21(16-22(23)26)30-25(28)20-10-8-19(9-11-20)24(27)29-17-18-6-4-3-5-7-18/h3-13,16H,14-15,17H2,1-2H3. The molecule has 1 aliphatic rings. The number of hydrogen-bond acceptors (Lipinski definition) is 5. The summed E-state index contributed by atoms with van der Waals surface area (Å²) in [5.74, 6) is 0.744. The monoisotopic (exact) mass is 432 g/mol. The van der Waals surface area contributed by atoms with Gasteiger partial charge in [0.1, 0.15) is 12.4 Å². The number of esters is 2. The Morgan fingerprint density at radius 2 is 1.58 bits per heavy atom. The lowest BCUT2D eigenvalue weighted by molar-refractivity contribution is 0.0472. The van der Waals surface area contributed by atoms with Crippen molar-refractivity contribution in [1.29, 1.82) is 0 Å². The predicted octanol–water partition coefficient (Wildman–Crippen LogP) is 6.04. The smallest absolute Gasteiger partial charge is 0.343 e. The zero-order valence-electron chi connectivity index (χ0n) is 17.6. The second kappa shape index (κ2) is 8.98. The Morgan fingerprint density at radius 1 is 0.903 bits per heavy atom. The van der Waals surface area contributed by atoms with Crippen LogP contribution in [0.15, 0.2) is 77.7 Å². The predicted molar refractivity (Wildman–Crippen MR) is 122 cm³/mol. The van der Waals surface area contributed by atoms with Crippen LogP contribution in [0, 0.1) is 0 Å². The van der Waals surface area contributed by atoms with Gasteiger partial charge in [-0.1, -0.05) is 44.2 Å². The molecule has 0 radical (unpaired) electrons. The second-order valence-corrected chi connectivity index (χ2v) is 9.31. The van der Waals surface area contributed by atoms with Crippen LogP contribution in [-0.2, 0) is 16.8 Å². The maximum atomic E-state index is 12.6. The maximum absolute atomic E-state index is 12.6. The van der Waals surface area contributed by atoms with E-state index in [2.05, 4.69) is 13.8 Å². The van der Waals surface area contributed by atoms with Gasteiger partial charge in [-0.3, -0.25) is 0 Å². The van der Waals surface area contributed by atoms with Crippen LogP contribution in [0.1, 0.15) is 52.1 Å². The minimum absolute atomic E-state index is 0.0603. The number of fused-ring (bicyclic) bond motifs is 1. The third kappa shape index (κ3) is 5.00. The Bertz CT molecular complexity index is 1090. The van der Waals surface area contributed by atoms with E-state index in [4.69, 9.17) is 9.47 Å². The van der Waals surface area contributed by atoms with E-state index in [9.17, 15) is 9.59 Å². The first-order valence-electron chi connectivity index (χ1n) is 10.2. The molecule has 0 bridgehead atoms. The number of benzene rings is 3. The summed E-state index contributed by atoms with van der Waals surface area (Å²) in [4.78, 5) is 26.1. The summed E-state index contributed by atoms with van der Waals surface area (Å²) in [5, 5.41) is 0. The third-order valence-electron chi connectivity index (χ3n) is 5.44. The molecule has 0 aromatic heterocycles. The molecule has 3 aromatic rings. The van der Waals surface area contributed by atoms with Gasteiger partial charge in [0.05, 0.1) is 11.1 Å². The molecule has 0 unspecified atom stereocenters. The number of thioether (sulfide) groups is 1. The summed E-state index contributed by atoms with van der Waals surface area (Å²) in [6.07, 6.45) is 1.09. The average Bonchev–Trinajstić information content (AvgIpc) is 2.78. The van der Waals surface area contributed by atoms with E-state index in [1.165, 1.54) is 10.5 Å². The van der Waals surface area contributed by atoms with E-state index in [0.29, 0.717) is 16.9 Å². The molecule has 0 N–H and O–H groups in total. The highest BCUT2D eigenvalue weighted by Crippen LogP contribution is 2.42. The van der Waals surface area contributed by atoms with Crippen molar-refractivity contribution in [1.82, 2.24) is 0 Å². The van der Waals surface area contributed by atoms with Crippen LogP contribution in [0.4, 0.5) is 0 Å². The van der Waals surface area contributed by atoms with Crippen molar-refractivity contribution in [3.05, 3.63) is 95.1 Å². The Balaban J connectivity index is 1.40. The van der Waals surface area contributed by atoms with Crippen molar-refractivity contribution in [2.24, 2.45) is 0 Å². The van der Waals surface area contributed by atoms with Crippen LogP contribution in [-0.4, -0.2) is 17.7 Å². The molecular weight excluding hydrogens is 408 g/mol. The third-order valence-corrected chi connectivity index (χ3v) is 6.52. The minimum atomic E-state index is -0.453. The Kier molecular flexibility index (Phi) is 6.14. The van der Waals surface area contributed by atoms with E-state index in [0.717, 1.165) is 17.7 Å². The first-order valence-corrected chi connectivity index (χ1v) is 11.2. The average molecular weight is 433 g/mol. The molecule has 31 heavy (non-hydrogen) atoms. The highest BCUT2D eigenvalue weighted by molar-refractivity contribution is 7.99. The fraction of sp³-hybridized carbons (Fsp3) is 0.231. The second-order valence-electron chi connectivity index (χ2n) is 8.17. The summed E-state index contributed by atoms with van der Waals surface area (Å²) in [6, 6.07) is 21.6. The van der Waals surface area contributed by atoms with Gasteiger partial charge < -0.3 is 9.47 Å². The van der Waals surface area contributed by atoms with Gasteiger partial charge in [-0.25, -0.2) is 9.59 Å². The van der Waals surface area contributed by atoms with Crippen LogP contribution in [0.5, 0.6) is 5.75 Å². The summed E-state index contributed by atoms with van der Waals surface area (Å²) in [6.45, 7) is 4.63. The van der Waals surface area contributed by atoms with Crippen molar-refractivity contribution < 1.29 is 19.1 Å². The molecule has 0 amide bonds. The number of rotatable bonds is 5. The van der Waals surface area contributed by atoms with Gasteiger partial charge in [-0.05, 0) is 71.2 Å². The lowest BCUT2D eigenvalue weighted by Gasteiger charge is -2.32. The first-order chi connectivity index (χ1) is 14.9. The Morgan fingerprint density at radius 3 is 2.29 bits per heavy atom. The van der Waals surface area contributed by atoms with Gasteiger partial charge >= 0.3 is 11.9 Å². The Labute approximate surface area is 186 Å². The van der Waals surface area contributed by atoms with Crippen LogP contribution in [0.25, 0.3) is 0 Å². The maximum Gasteiger partial charge on any atom is 0.343 e. The SMILES string of the molecule is CC1(C)CCSc2ccc(OC(=O)c3ccc(C(=O)OCc4ccccc4)cc3)cc21. The van der Waals surface area contributed by atoms with Crippen molar-refractivity contribution in [2.75, 3.05) is 5.75 Å². The molecule has 1 aliphatic heterocycles. The molecule has 0 saturated carbocycles. The van der Waals surface area contributed by atoms with Crippen LogP contribution in [0.3, 0.4) is 0 Å². The zero-order chi connectivity index (χ0) is 21.8. The zero-order valence-corrected chi connectivity index (χ0v) is 18.4. The molecule has 0 atom stereocenters. The molecule has 5 heteroatoms. The molecular formula is C26H24O4S. The van der Waals surface area contributed by atoms with Gasteiger partial charge in [0.2, 0.25) is 0 Å². The quantitative estimate of drug-likeness (QED) is 0.364. The van der Waals surface area contributed by atoms with E-state index in [1.807, 2.05) is 60.3 Å². The molecule has 4 nitrogen and oxygen atoms in total. The number of carbonyl (C=O) groups excluding carboxylic acids is 2. The summed E-state index contributed by atoms with van der Waals surface area (Å²) >= 11 is 1.84. The highest BCUT2D eigenvalue weighted by atomic mass is 32.2.